The van der Waals surface area contributed by atoms with Crippen molar-refractivity contribution in [3.05, 3.63) is 43.0 Å². The molecule has 0 bridgehead atoms. The maximum atomic E-state index is 12.0. The molecule has 112 valence electrons. The summed E-state index contributed by atoms with van der Waals surface area (Å²) in [5, 5.41) is 5.78. The maximum Gasteiger partial charge on any atom is 0.243 e. The molecule has 2 N–H and O–H groups in total. The Morgan fingerprint density at radius 1 is 1.24 bits per heavy atom. The van der Waals surface area contributed by atoms with Crippen molar-refractivity contribution in [3.63, 3.8) is 0 Å². The molecule has 0 atom stereocenters. The zero-order valence-corrected chi connectivity index (χ0v) is 12.0. The Morgan fingerprint density at radius 3 is 2.52 bits per heavy atom. The van der Waals surface area contributed by atoms with Crippen molar-refractivity contribution in [3.8, 4) is 0 Å². The summed E-state index contributed by atoms with van der Waals surface area (Å²) >= 11 is 0. The van der Waals surface area contributed by atoms with Gasteiger partial charge in [-0.05, 0) is 31.1 Å². The van der Waals surface area contributed by atoms with Crippen LogP contribution in [0.5, 0.6) is 0 Å². The first-order chi connectivity index (χ1) is 10.2. The zero-order chi connectivity index (χ0) is 15.1. The second kappa shape index (κ2) is 7.59. The van der Waals surface area contributed by atoms with Gasteiger partial charge in [0, 0.05) is 24.8 Å². The molecule has 1 aliphatic rings. The third-order valence-electron chi connectivity index (χ3n) is 3.54. The number of benzene rings is 1. The van der Waals surface area contributed by atoms with Crippen LogP contribution in [-0.4, -0.2) is 42.4 Å². The van der Waals surface area contributed by atoms with Crippen LogP contribution in [0, 0.1) is 0 Å². The smallest absolute Gasteiger partial charge is 0.243 e. The highest BCUT2D eigenvalue weighted by molar-refractivity contribution is 5.92. The van der Waals surface area contributed by atoms with Crippen molar-refractivity contribution < 1.29 is 9.59 Å². The second-order valence-electron chi connectivity index (χ2n) is 5.18. The minimum absolute atomic E-state index is 0.00484. The van der Waals surface area contributed by atoms with E-state index in [-0.39, 0.29) is 17.9 Å². The largest absolute Gasteiger partial charge is 0.350 e. The normalized spacial score (nSPS) is 16.2. The lowest BCUT2D eigenvalue weighted by Crippen LogP contribution is -2.46. The zero-order valence-electron chi connectivity index (χ0n) is 12.0. The number of rotatable bonds is 5. The third kappa shape index (κ3) is 5.04. The predicted octanol–water partition coefficient (Wildman–Crippen LogP) is 1.39. The molecule has 0 unspecified atom stereocenters. The molecule has 0 aliphatic carbocycles. The number of carbonyl (C=O) groups is 2. The molecule has 2 amide bonds. The summed E-state index contributed by atoms with van der Waals surface area (Å²) in [7, 11) is 0. The van der Waals surface area contributed by atoms with E-state index in [0.29, 0.717) is 6.54 Å². The molecule has 1 aromatic carbocycles. The molecule has 0 spiro atoms. The lowest BCUT2D eigenvalue weighted by molar-refractivity contribution is -0.119. The number of nitrogens with zero attached hydrogens (tertiary/aromatic N) is 1. The van der Waals surface area contributed by atoms with Crippen molar-refractivity contribution in [1.82, 2.24) is 10.2 Å². The second-order valence-corrected chi connectivity index (χ2v) is 5.18. The van der Waals surface area contributed by atoms with Gasteiger partial charge < -0.3 is 10.6 Å². The van der Waals surface area contributed by atoms with E-state index < -0.39 is 0 Å². The topological polar surface area (TPSA) is 61.4 Å². The summed E-state index contributed by atoms with van der Waals surface area (Å²) in [4.78, 5) is 25.3. The SMILES string of the molecule is C=CC(=O)NC1CCN(CC(=O)Nc2ccccc2)CC1. The predicted molar refractivity (Wildman–Crippen MR) is 82.9 cm³/mol. The molecule has 5 heteroatoms. The highest BCUT2D eigenvalue weighted by Gasteiger charge is 2.21. The van der Waals surface area contributed by atoms with Gasteiger partial charge in [-0.2, -0.15) is 0 Å². The highest BCUT2D eigenvalue weighted by atomic mass is 16.2. The van der Waals surface area contributed by atoms with Crippen molar-refractivity contribution >= 4 is 17.5 Å². The number of para-hydroxylation sites is 1. The monoisotopic (exact) mass is 287 g/mol. The van der Waals surface area contributed by atoms with Crippen LogP contribution in [0.1, 0.15) is 12.8 Å². The van der Waals surface area contributed by atoms with E-state index in [0.717, 1.165) is 31.6 Å². The van der Waals surface area contributed by atoms with Crippen LogP contribution in [0.2, 0.25) is 0 Å². The van der Waals surface area contributed by atoms with E-state index in [1.165, 1.54) is 6.08 Å². The first-order valence-corrected chi connectivity index (χ1v) is 7.17. The molecular formula is C16H21N3O2. The van der Waals surface area contributed by atoms with Gasteiger partial charge in [-0.15, -0.1) is 0 Å². The number of hydrogen-bond acceptors (Lipinski definition) is 3. The average molecular weight is 287 g/mol. The van der Waals surface area contributed by atoms with Gasteiger partial charge in [-0.3, -0.25) is 14.5 Å². The number of piperidine rings is 1. The molecule has 1 heterocycles. The summed E-state index contributed by atoms with van der Waals surface area (Å²) < 4.78 is 0. The van der Waals surface area contributed by atoms with Gasteiger partial charge in [-0.1, -0.05) is 24.8 Å². The van der Waals surface area contributed by atoms with Gasteiger partial charge in [-0.25, -0.2) is 0 Å². The van der Waals surface area contributed by atoms with E-state index >= 15 is 0 Å². The van der Waals surface area contributed by atoms with E-state index in [1.54, 1.807) is 0 Å². The molecule has 21 heavy (non-hydrogen) atoms. The average Bonchev–Trinajstić information content (AvgIpc) is 2.50. The van der Waals surface area contributed by atoms with Crippen molar-refractivity contribution in [2.24, 2.45) is 0 Å². The number of amides is 2. The number of likely N-dealkylation sites (tertiary alicyclic amines) is 1. The molecule has 5 nitrogen and oxygen atoms in total. The van der Waals surface area contributed by atoms with Gasteiger partial charge in [0.15, 0.2) is 0 Å². The maximum absolute atomic E-state index is 12.0. The Morgan fingerprint density at radius 2 is 1.90 bits per heavy atom. The molecule has 1 aliphatic heterocycles. The minimum atomic E-state index is -0.129. The van der Waals surface area contributed by atoms with Gasteiger partial charge in [0.1, 0.15) is 0 Å². The minimum Gasteiger partial charge on any atom is -0.350 e. The van der Waals surface area contributed by atoms with Crippen molar-refractivity contribution in [2.45, 2.75) is 18.9 Å². The third-order valence-corrected chi connectivity index (χ3v) is 3.54. The Kier molecular flexibility index (Phi) is 5.51. The van der Waals surface area contributed by atoms with Gasteiger partial charge in [0.05, 0.1) is 6.54 Å². The van der Waals surface area contributed by atoms with Crippen LogP contribution >= 0.6 is 0 Å². The van der Waals surface area contributed by atoms with Gasteiger partial charge >= 0.3 is 0 Å². The number of anilines is 1. The fourth-order valence-corrected chi connectivity index (χ4v) is 2.42. The molecule has 1 saturated heterocycles. The van der Waals surface area contributed by atoms with Gasteiger partial charge in [0.2, 0.25) is 11.8 Å². The molecular weight excluding hydrogens is 266 g/mol. The molecule has 1 aromatic rings. The quantitative estimate of drug-likeness (QED) is 0.805. The molecule has 2 rings (SSSR count). The van der Waals surface area contributed by atoms with E-state index in [1.807, 2.05) is 30.3 Å². The summed E-state index contributed by atoms with van der Waals surface area (Å²) in [6.45, 7) is 5.45. The van der Waals surface area contributed by atoms with Crippen molar-refractivity contribution in [1.29, 1.82) is 0 Å². The number of hydrogen-bond donors (Lipinski definition) is 2. The van der Waals surface area contributed by atoms with E-state index in [2.05, 4.69) is 22.1 Å². The van der Waals surface area contributed by atoms with Gasteiger partial charge in [0.25, 0.3) is 0 Å². The van der Waals surface area contributed by atoms with E-state index in [9.17, 15) is 9.59 Å². The Labute approximate surface area is 125 Å². The fourth-order valence-electron chi connectivity index (χ4n) is 2.42. The molecule has 0 aromatic heterocycles. The lowest BCUT2D eigenvalue weighted by atomic mass is 10.1. The molecule has 0 radical (unpaired) electrons. The van der Waals surface area contributed by atoms with Crippen LogP contribution in [0.3, 0.4) is 0 Å². The first kappa shape index (κ1) is 15.3. The fraction of sp³-hybridized carbons (Fsp3) is 0.375. The summed E-state index contributed by atoms with van der Waals surface area (Å²) in [6, 6.07) is 9.62. The van der Waals surface area contributed by atoms with Crippen molar-refractivity contribution in [2.75, 3.05) is 25.0 Å². The molecule has 1 fully saturated rings. The highest BCUT2D eigenvalue weighted by Crippen LogP contribution is 2.11. The summed E-state index contributed by atoms with van der Waals surface area (Å²) in [6.07, 6.45) is 3.01. The van der Waals surface area contributed by atoms with Crippen LogP contribution in [0.4, 0.5) is 5.69 Å². The summed E-state index contributed by atoms with van der Waals surface area (Å²) in [5.74, 6) is -0.134. The standard InChI is InChI=1S/C16H21N3O2/c1-2-15(20)17-14-8-10-19(11-9-14)12-16(21)18-13-6-4-3-5-7-13/h2-7,14H,1,8-12H2,(H,17,20)(H,18,21). The van der Waals surface area contributed by atoms with Crippen LogP contribution in [0.15, 0.2) is 43.0 Å². The first-order valence-electron chi connectivity index (χ1n) is 7.17. The number of nitrogens with one attached hydrogen (secondary N) is 2. The Hall–Kier alpha value is -2.14. The van der Waals surface area contributed by atoms with Crippen LogP contribution in [-0.2, 0) is 9.59 Å². The van der Waals surface area contributed by atoms with E-state index in [4.69, 9.17) is 0 Å². The van der Waals surface area contributed by atoms with Crippen LogP contribution < -0.4 is 10.6 Å². The summed E-state index contributed by atoms with van der Waals surface area (Å²) in [5.41, 5.74) is 0.815. The molecule has 0 saturated carbocycles. The number of carbonyl (C=O) groups excluding carboxylic acids is 2. The Bertz CT molecular complexity index is 494. The van der Waals surface area contributed by atoms with Crippen LogP contribution in [0.25, 0.3) is 0 Å². The lowest BCUT2D eigenvalue weighted by Gasteiger charge is -2.31. The Balaban J connectivity index is 1.72.